The van der Waals surface area contributed by atoms with E-state index in [0.29, 0.717) is 11.1 Å². The van der Waals surface area contributed by atoms with E-state index in [1.54, 1.807) is 12.4 Å². The van der Waals surface area contributed by atoms with Crippen molar-refractivity contribution < 1.29 is 0 Å². The molecule has 1 unspecified atom stereocenters. The number of nitrogens with one attached hydrogen (secondary N) is 1. The molecule has 3 heteroatoms. The predicted octanol–water partition coefficient (Wildman–Crippen LogP) is 3.98. The first-order valence-corrected chi connectivity index (χ1v) is 6.55. The summed E-state index contributed by atoms with van der Waals surface area (Å²) in [7, 11) is 0. The molecule has 2 rings (SSSR count). The zero-order chi connectivity index (χ0) is 12.8. The summed E-state index contributed by atoms with van der Waals surface area (Å²) < 4.78 is 0. The summed E-state index contributed by atoms with van der Waals surface area (Å²) in [6.45, 7) is 2.94. The molecule has 0 fully saturated rings. The van der Waals surface area contributed by atoms with Gasteiger partial charge in [-0.2, -0.15) is 0 Å². The summed E-state index contributed by atoms with van der Waals surface area (Å²) >= 11 is 6.09. The van der Waals surface area contributed by atoms with Crippen LogP contribution in [0.4, 0.5) is 0 Å². The van der Waals surface area contributed by atoms with E-state index in [4.69, 9.17) is 11.6 Å². The molecule has 0 saturated heterocycles. The van der Waals surface area contributed by atoms with Gasteiger partial charge in [0.15, 0.2) is 0 Å². The summed E-state index contributed by atoms with van der Waals surface area (Å²) in [5, 5.41) is 4.25. The van der Waals surface area contributed by atoms with Gasteiger partial charge in [0.05, 0.1) is 5.02 Å². The quantitative estimate of drug-likeness (QED) is 0.880. The fraction of sp³-hybridized carbons (Fsp3) is 0.267. The first kappa shape index (κ1) is 13.1. The molecule has 0 bridgehead atoms. The molecule has 2 nitrogen and oxygen atoms in total. The molecule has 1 aromatic heterocycles. The Morgan fingerprint density at radius 3 is 2.67 bits per heavy atom. The van der Waals surface area contributed by atoms with Crippen molar-refractivity contribution in [3.05, 3.63) is 64.9 Å². The minimum Gasteiger partial charge on any atom is -0.306 e. The third-order valence-corrected chi connectivity index (χ3v) is 3.35. The Hall–Kier alpha value is -1.38. The van der Waals surface area contributed by atoms with Gasteiger partial charge in [0, 0.05) is 25.0 Å². The van der Waals surface area contributed by atoms with Crippen LogP contribution in [0.2, 0.25) is 5.02 Å². The highest BCUT2D eigenvalue weighted by Gasteiger charge is 2.08. The topological polar surface area (TPSA) is 24.9 Å². The summed E-state index contributed by atoms with van der Waals surface area (Å²) in [5.74, 6) is 0. The van der Waals surface area contributed by atoms with E-state index in [1.165, 1.54) is 5.56 Å². The van der Waals surface area contributed by atoms with Crippen LogP contribution in [0.25, 0.3) is 0 Å². The van der Waals surface area contributed by atoms with Gasteiger partial charge in [0.25, 0.3) is 0 Å². The highest BCUT2D eigenvalue weighted by Crippen LogP contribution is 2.18. The van der Waals surface area contributed by atoms with Gasteiger partial charge < -0.3 is 5.32 Å². The van der Waals surface area contributed by atoms with Crippen LogP contribution in [0.15, 0.2) is 48.8 Å². The maximum Gasteiger partial charge on any atom is 0.0634 e. The number of hydrogen-bond donors (Lipinski definition) is 1. The maximum absolute atomic E-state index is 6.09. The number of pyridine rings is 1. The molecule has 1 heterocycles. The fourth-order valence-corrected chi connectivity index (χ4v) is 2.15. The van der Waals surface area contributed by atoms with Crippen molar-refractivity contribution >= 4 is 11.6 Å². The second kappa shape index (κ2) is 6.53. The Labute approximate surface area is 113 Å². The van der Waals surface area contributed by atoms with Crippen molar-refractivity contribution in [1.29, 1.82) is 0 Å². The lowest BCUT2D eigenvalue weighted by Crippen LogP contribution is -2.20. The molecule has 0 aliphatic carbocycles. The molecular weight excluding hydrogens is 244 g/mol. The Bertz CT molecular complexity index is 485. The Morgan fingerprint density at radius 2 is 2.00 bits per heavy atom. The van der Waals surface area contributed by atoms with Gasteiger partial charge in [0.1, 0.15) is 0 Å². The molecular formula is C15H17ClN2. The Balaban J connectivity index is 2.02. The van der Waals surface area contributed by atoms with Crippen LogP contribution in [-0.2, 0) is 6.54 Å². The molecule has 0 radical (unpaired) electrons. The molecule has 0 amide bonds. The van der Waals surface area contributed by atoms with Crippen LogP contribution in [0.1, 0.15) is 30.5 Å². The van der Waals surface area contributed by atoms with Gasteiger partial charge in [0.2, 0.25) is 0 Å². The minimum absolute atomic E-state index is 0.357. The van der Waals surface area contributed by atoms with Gasteiger partial charge in [-0.15, -0.1) is 0 Å². The molecule has 1 N–H and O–H groups in total. The number of benzene rings is 1. The van der Waals surface area contributed by atoms with Crippen molar-refractivity contribution in [2.45, 2.75) is 25.9 Å². The smallest absolute Gasteiger partial charge is 0.0634 e. The number of rotatable bonds is 5. The molecule has 0 aliphatic heterocycles. The monoisotopic (exact) mass is 260 g/mol. The molecule has 1 aromatic carbocycles. The van der Waals surface area contributed by atoms with E-state index in [0.717, 1.165) is 18.5 Å². The van der Waals surface area contributed by atoms with Crippen molar-refractivity contribution in [2.75, 3.05) is 0 Å². The summed E-state index contributed by atoms with van der Waals surface area (Å²) in [4.78, 5) is 3.99. The van der Waals surface area contributed by atoms with E-state index in [1.807, 2.05) is 12.1 Å². The maximum atomic E-state index is 6.09. The van der Waals surface area contributed by atoms with Gasteiger partial charge in [-0.05, 0) is 23.6 Å². The van der Waals surface area contributed by atoms with Gasteiger partial charge in [-0.3, -0.25) is 4.98 Å². The van der Waals surface area contributed by atoms with Crippen LogP contribution < -0.4 is 5.32 Å². The standard InChI is InChI=1S/C15H17ClN2/c1-2-15(12-6-4-3-5-7-12)18-10-13-8-9-17-11-14(13)16/h3-9,11,15,18H,2,10H2,1H3. The third-order valence-electron chi connectivity index (χ3n) is 3.01. The number of halogens is 1. The molecule has 1 atom stereocenters. The Kier molecular flexibility index (Phi) is 4.73. The summed E-state index contributed by atoms with van der Waals surface area (Å²) in [5.41, 5.74) is 2.39. The van der Waals surface area contributed by atoms with Crippen LogP contribution >= 0.6 is 11.6 Å². The van der Waals surface area contributed by atoms with Crippen LogP contribution in [0.3, 0.4) is 0 Å². The fourth-order valence-electron chi connectivity index (χ4n) is 1.96. The van der Waals surface area contributed by atoms with Gasteiger partial charge in [-0.25, -0.2) is 0 Å². The van der Waals surface area contributed by atoms with Crippen LogP contribution in [-0.4, -0.2) is 4.98 Å². The van der Waals surface area contributed by atoms with Gasteiger partial charge >= 0.3 is 0 Å². The first-order chi connectivity index (χ1) is 8.81. The highest BCUT2D eigenvalue weighted by atomic mass is 35.5. The van der Waals surface area contributed by atoms with Crippen molar-refractivity contribution in [2.24, 2.45) is 0 Å². The average molecular weight is 261 g/mol. The second-order valence-corrected chi connectivity index (χ2v) is 4.63. The predicted molar refractivity (Wildman–Crippen MR) is 75.6 cm³/mol. The summed E-state index contributed by atoms with van der Waals surface area (Å²) in [6, 6.07) is 12.8. The normalized spacial score (nSPS) is 12.3. The lowest BCUT2D eigenvalue weighted by Gasteiger charge is -2.17. The number of hydrogen-bond acceptors (Lipinski definition) is 2. The van der Waals surface area contributed by atoms with Crippen LogP contribution in [0.5, 0.6) is 0 Å². The second-order valence-electron chi connectivity index (χ2n) is 4.22. The molecule has 18 heavy (non-hydrogen) atoms. The highest BCUT2D eigenvalue weighted by molar-refractivity contribution is 6.31. The largest absolute Gasteiger partial charge is 0.306 e. The first-order valence-electron chi connectivity index (χ1n) is 6.18. The lowest BCUT2D eigenvalue weighted by atomic mass is 10.0. The molecule has 0 aliphatic rings. The van der Waals surface area contributed by atoms with E-state index >= 15 is 0 Å². The molecule has 94 valence electrons. The number of aromatic nitrogens is 1. The van der Waals surface area contributed by atoms with Gasteiger partial charge in [-0.1, -0.05) is 48.9 Å². The van der Waals surface area contributed by atoms with Crippen LogP contribution in [0, 0.1) is 0 Å². The SMILES string of the molecule is CCC(NCc1ccncc1Cl)c1ccccc1. The molecule has 2 aromatic rings. The number of nitrogens with zero attached hydrogens (tertiary/aromatic N) is 1. The van der Waals surface area contributed by atoms with E-state index < -0.39 is 0 Å². The third kappa shape index (κ3) is 3.31. The van der Waals surface area contributed by atoms with Crippen molar-refractivity contribution in [3.63, 3.8) is 0 Å². The molecule has 0 saturated carbocycles. The summed E-state index contributed by atoms with van der Waals surface area (Å²) in [6.07, 6.45) is 4.50. The van der Waals surface area contributed by atoms with E-state index in [-0.39, 0.29) is 0 Å². The zero-order valence-electron chi connectivity index (χ0n) is 10.4. The van der Waals surface area contributed by atoms with Crippen molar-refractivity contribution in [1.82, 2.24) is 10.3 Å². The zero-order valence-corrected chi connectivity index (χ0v) is 11.2. The van der Waals surface area contributed by atoms with E-state index in [2.05, 4.69) is 41.5 Å². The van der Waals surface area contributed by atoms with E-state index in [9.17, 15) is 0 Å². The minimum atomic E-state index is 0.357. The van der Waals surface area contributed by atoms with Crippen molar-refractivity contribution in [3.8, 4) is 0 Å². The average Bonchev–Trinajstić information content (AvgIpc) is 2.42. The Morgan fingerprint density at radius 1 is 1.22 bits per heavy atom. The molecule has 0 spiro atoms. The lowest BCUT2D eigenvalue weighted by molar-refractivity contribution is 0.519.